The highest BCUT2D eigenvalue weighted by Gasteiger charge is 2.08. The molecule has 0 saturated heterocycles. The first-order valence-electron chi connectivity index (χ1n) is 8.00. The highest BCUT2D eigenvalue weighted by Crippen LogP contribution is 2.17. The molecule has 25 heavy (non-hydrogen) atoms. The maximum Gasteiger partial charge on any atom is 0.275 e. The van der Waals surface area contributed by atoms with Gasteiger partial charge >= 0.3 is 0 Å². The van der Waals surface area contributed by atoms with E-state index in [1.54, 1.807) is 31.2 Å². The van der Waals surface area contributed by atoms with Crippen LogP contribution in [0, 0.1) is 0 Å². The Morgan fingerprint density at radius 1 is 1.28 bits per heavy atom. The number of rotatable bonds is 6. The summed E-state index contributed by atoms with van der Waals surface area (Å²) in [4.78, 5) is 28.4. The van der Waals surface area contributed by atoms with Gasteiger partial charge in [-0.1, -0.05) is 25.2 Å². The molecule has 0 unspecified atom stereocenters. The van der Waals surface area contributed by atoms with Gasteiger partial charge in [0.2, 0.25) is 10.9 Å². The Balaban J connectivity index is 1.70. The first kappa shape index (κ1) is 17.1. The van der Waals surface area contributed by atoms with Crippen LogP contribution in [0.5, 0.6) is 5.75 Å². The summed E-state index contributed by atoms with van der Waals surface area (Å²) < 4.78 is 6.99. The molecule has 0 aliphatic heterocycles. The highest BCUT2D eigenvalue weighted by atomic mass is 32.1. The van der Waals surface area contributed by atoms with Crippen molar-refractivity contribution in [1.82, 2.24) is 14.6 Å². The first-order chi connectivity index (χ1) is 12.1. The van der Waals surface area contributed by atoms with Gasteiger partial charge in [0.25, 0.3) is 5.56 Å². The Morgan fingerprint density at radius 3 is 2.72 bits per heavy atom. The SMILES string of the molecule is CCC(=O)Nc1ccc(OCc2cc(=O)n3nc(CC)sc3n2)cc1. The van der Waals surface area contributed by atoms with Gasteiger partial charge in [-0.25, -0.2) is 4.98 Å². The summed E-state index contributed by atoms with van der Waals surface area (Å²) in [5.74, 6) is 0.595. The number of aromatic nitrogens is 3. The van der Waals surface area contributed by atoms with E-state index in [-0.39, 0.29) is 18.1 Å². The molecule has 8 heteroatoms. The molecule has 7 nitrogen and oxygen atoms in total. The number of nitrogens with one attached hydrogen (secondary N) is 1. The lowest BCUT2D eigenvalue weighted by molar-refractivity contribution is -0.115. The van der Waals surface area contributed by atoms with Crippen molar-refractivity contribution in [3.8, 4) is 5.75 Å². The van der Waals surface area contributed by atoms with Gasteiger partial charge in [0.05, 0.1) is 5.69 Å². The van der Waals surface area contributed by atoms with Crippen LogP contribution in [0.2, 0.25) is 0 Å². The summed E-state index contributed by atoms with van der Waals surface area (Å²) in [7, 11) is 0. The maximum atomic E-state index is 12.1. The third-order valence-corrected chi connectivity index (χ3v) is 4.54. The van der Waals surface area contributed by atoms with Crippen molar-refractivity contribution in [3.05, 3.63) is 51.4 Å². The number of carbonyl (C=O) groups excluding carboxylic acids is 1. The molecule has 0 atom stereocenters. The molecule has 0 spiro atoms. The second-order valence-electron chi connectivity index (χ2n) is 5.34. The molecular weight excluding hydrogens is 340 g/mol. The van der Waals surface area contributed by atoms with Crippen LogP contribution in [-0.4, -0.2) is 20.5 Å². The zero-order chi connectivity index (χ0) is 17.8. The molecule has 3 rings (SSSR count). The van der Waals surface area contributed by atoms with Gasteiger partial charge in [-0.05, 0) is 30.7 Å². The van der Waals surface area contributed by atoms with Crippen molar-refractivity contribution in [2.45, 2.75) is 33.3 Å². The molecule has 0 aliphatic rings. The molecule has 3 aromatic rings. The largest absolute Gasteiger partial charge is 0.487 e. The Labute approximate surface area is 148 Å². The van der Waals surface area contributed by atoms with Crippen molar-refractivity contribution >= 4 is 27.9 Å². The molecule has 1 aromatic carbocycles. The van der Waals surface area contributed by atoms with Crippen molar-refractivity contribution in [1.29, 1.82) is 0 Å². The molecule has 0 saturated carbocycles. The van der Waals surface area contributed by atoms with Crippen LogP contribution >= 0.6 is 11.3 Å². The number of amides is 1. The summed E-state index contributed by atoms with van der Waals surface area (Å²) in [6, 6.07) is 8.50. The minimum atomic E-state index is -0.211. The molecular formula is C17H18N4O3S. The van der Waals surface area contributed by atoms with Gasteiger partial charge in [0.15, 0.2) is 0 Å². The van der Waals surface area contributed by atoms with E-state index >= 15 is 0 Å². The summed E-state index contributed by atoms with van der Waals surface area (Å²) >= 11 is 1.40. The second kappa shape index (κ2) is 7.43. The summed E-state index contributed by atoms with van der Waals surface area (Å²) in [5, 5.41) is 7.85. The van der Waals surface area contributed by atoms with Gasteiger partial charge < -0.3 is 10.1 Å². The van der Waals surface area contributed by atoms with Crippen molar-refractivity contribution in [3.63, 3.8) is 0 Å². The molecule has 1 N–H and O–H groups in total. The van der Waals surface area contributed by atoms with E-state index in [4.69, 9.17) is 4.74 Å². The van der Waals surface area contributed by atoms with Crippen LogP contribution in [0.25, 0.3) is 4.96 Å². The minimum Gasteiger partial charge on any atom is -0.487 e. The Kier molecular flexibility index (Phi) is 5.08. The molecule has 2 heterocycles. The summed E-state index contributed by atoms with van der Waals surface area (Å²) in [6.45, 7) is 3.97. The second-order valence-corrected chi connectivity index (χ2v) is 6.38. The third-order valence-electron chi connectivity index (χ3n) is 3.49. The van der Waals surface area contributed by atoms with Crippen LogP contribution in [0.1, 0.15) is 31.0 Å². The Hall–Kier alpha value is -2.74. The normalized spacial score (nSPS) is 10.8. The number of ether oxygens (including phenoxy) is 1. The van der Waals surface area contributed by atoms with Gasteiger partial charge in [0, 0.05) is 18.2 Å². The Bertz CT molecular complexity index is 947. The number of hydrogen-bond donors (Lipinski definition) is 1. The monoisotopic (exact) mass is 358 g/mol. The summed E-state index contributed by atoms with van der Waals surface area (Å²) in [6.07, 6.45) is 1.19. The van der Waals surface area contributed by atoms with Crippen LogP contribution in [0.15, 0.2) is 35.1 Å². The van der Waals surface area contributed by atoms with Gasteiger partial charge in [-0.15, -0.1) is 0 Å². The van der Waals surface area contributed by atoms with Crippen LogP contribution in [-0.2, 0) is 17.8 Å². The number of fused-ring (bicyclic) bond motifs is 1. The van der Waals surface area contributed by atoms with E-state index in [1.807, 2.05) is 6.92 Å². The third kappa shape index (κ3) is 4.03. The van der Waals surface area contributed by atoms with Gasteiger partial charge in [-0.3, -0.25) is 9.59 Å². The number of carbonyl (C=O) groups is 1. The standard InChI is InChI=1S/C17H18N4O3S/c1-3-14(22)18-11-5-7-13(8-6-11)24-10-12-9-16(23)21-17(19-12)25-15(4-2)20-21/h5-9H,3-4,10H2,1-2H3,(H,18,22). The van der Waals surface area contributed by atoms with Crippen LogP contribution < -0.4 is 15.6 Å². The number of anilines is 1. The average Bonchev–Trinajstić information content (AvgIpc) is 3.05. The first-order valence-corrected chi connectivity index (χ1v) is 8.82. The number of nitrogens with zero attached hydrogens (tertiary/aromatic N) is 3. The van der Waals surface area contributed by atoms with E-state index in [0.29, 0.717) is 28.5 Å². The lowest BCUT2D eigenvalue weighted by atomic mass is 10.3. The van der Waals surface area contributed by atoms with E-state index in [0.717, 1.165) is 11.4 Å². The van der Waals surface area contributed by atoms with Crippen LogP contribution in [0.3, 0.4) is 0 Å². The quantitative estimate of drug-likeness (QED) is 0.732. The lowest BCUT2D eigenvalue weighted by Gasteiger charge is -2.07. The maximum absolute atomic E-state index is 12.1. The molecule has 0 aliphatic carbocycles. The van der Waals surface area contributed by atoms with E-state index in [1.165, 1.54) is 21.9 Å². The fraction of sp³-hybridized carbons (Fsp3) is 0.294. The topological polar surface area (TPSA) is 85.6 Å². The van der Waals surface area contributed by atoms with Crippen molar-refractivity contribution < 1.29 is 9.53 Å². The predicted molar refractivity (Wildman–Crippen MR) is 96.2 cm³/mol. The van der Waals surface area contributed by atoms with Crippen molar-refractivity contribution in [2.24, 2.45) is 0 Å². The zero-order valence-electron chi connectivity index (χ0n) is 14.0. The average molecular weight is 358 g/mol. The molecule has 2 aromatic heterocycles. The van der Waals surface area contributed by atoms with E-state index in [2.05, 4.69) is 15.4 Å². The number of hydrogen-bond acceptors (Lipinski definition) is 6. The molecule has 1 amide bonds. The summed E-state index contributed by atoms with van der Waals surface area (Å²) in [5.41, 5.74) is 1.06. The number of benzene rings is 1. The lowest BCUT2D eigenvalue weighted by Crippen LogP contribution is -2.16. The smallest absolute Gasteiger partial charge is 0.275 e. The van der Waals surface area contributed by atoms with Gasteiger partial charge in [-0.2, -0.15) is 9.61 Å². The predicted octanol–water partition coefficient (Wildman–Crippen LogP) is 2.64. The van der Waals surface area contributed by atoms with Crippen LogP contribution in [0.4, 0.5) is 5.69 Å². The van der Waals surface area contributed by atoms with Gasteiger partial charge in [0.1, 0.15) is 17.4 Å². The minimum absolute atomic E-state index is 0.0392. The van der Waals surface area contributed by atoms with E-state index in [9.17, 15) is 9.59 Å². The fourth-order valence-electron chi connectivity index (χ4n) is 2.15. The number of aryl methyl sites for hydroxylation is 1. The zero-order valence-corrected chi connectivity index (χ0v) is 14.8. The highest BCUT2D eigenvalue weighted by molar-refractivity contribution is 7.16. The molecule has 0 bridgehead atoms. The Morgan fingerprint density at radius 2 is 2.04 bits per heavy atom. The molecule has 0 radical (unpaired) electrons. The van der Waals surface area contributed by atoms with E-state index < -0.39 is 0 Å². The van der Waals surface area contributed by atoms with Crippen molar-refractivity contribution in [2.75, 3.05) is 5.32 Å². The molecule has 130 valence electrons. The molecule has 0 fully saturated rings. The fourth-order valence-corrected chi connectivity index (χ4v) is 3.01.